The van der Waals surface area contributed by atoms with Crippen LogP contribution in [0.15, 0.2) is 70.2 Å². The predicted molar refractivity (Wildman–Crippen MR) is 186 cm³/mol. The highest BCUT2D eigenvalue weighted by atomic mass is 79.9. The predicted octanol–water partition coefficient (Wildman–Crippen LogP) is 5.42. The number of carbonyl (C=O) groups is 2. The molecule has 15 heteroatoms. The van der Waals surface area contributed by atoms with E-state index in [0.29, 0.717) is 55.8 Å². The number of carbonyl (C=O) groups excluding carboxylic acids is 2. The van der Waals surface area contributed by atoms with Crippen molar-refractivity contribution in [3.05, 3.63) is 76.7 Å². The van der Waals surface area contributed by atoms with Crippen molar-refractivity contribution >= 4 is 62.9 Å². The molecule has 0 radical (unpaired) electrons. The number of esters is 1. The second-order valence-electron chi connectivity index (χ2n) is 11.1. The molecule has 0 aliphatic heterocycles. The summed E-state index contributed by atoms with van der Waals surface area (Å²) < 4.78 is 34.4. The van der Waals surface area contributed by atoms with Crippen molar-refractivity contribution in [3.63, 3.8) is 0 Å². The molecule has 0 aliphatic rings. The largest absolute Gasteiger partial charge is 0.457 e. The number of nitrogens with one attached hydrogen (secondary N) is 3. The van der Waals surface area contributed by atoms with Gasteiger partial charge in [-0.05, 0) is 92.1 Å². The number of primary amides is 1. The van der Waals surface area contributed by atoms with E-state index in [1.165, 1.54) is 30.2 Å². The number of likely N-dealkylation sites (N-methyl/N-ethyl adjacent to an activating group) is 1. The van der Waals surface area contributed by atoms with Crippen LogP contribution in [0.2, 0.25) is 0 Å². The van der Waals surface area contributed by atoms with Gasteiger partial charge in [-0.1, -0.05) is 12.1 Å². The van der Waals surface area contributed by atoms with Gasteiger partial charge in [0.2, 0.25) is 5.95 Å². The number of ether oxygens (including phenoxy) is 3. The highest BCUT2D eigenvalue weighted by molar-refractivity contribution is 9.10. The van der Waals surface area contributed by atoms with E-state index in [9.17, 15) is 14.0 Å². The molecular formula is C32H41BrFN7O5S. The molecule has 3 rings (SSSR count). The first-order valence-electron chi connectivity index (χ1n) is 14.8. The van der Waals surface area contributed by atoms with E-state index in [0.717, 1.165) is 23.2 Å². The minimum absolute atomic E-state index is 0.193. The molecule has 1 heterocycles. The van der Waals surface area contributed by atoms with Gasteiger partial charge < -0.3 is 35.5 Å². The Hall–Kier alpha value is -3.60. The van der Waals surface area contributed by atoms with Gasteiger partial charge >= 0.3 is 5.97 Å². The van der Waals surface area contributed by atoms with E-state index in [-0.39, 0.29) is 17.2 Å². The number of benzene rings is 2. The van der Waals surface area contributed by atoms with Crippen molar-refractivity contribution < 1.29 is 28.2 Å². The van der Waals surface area contributed by atoms with Crippen LogP contribution in [0, 0.1) is 5.82 Å². The summed E-state index contributed by atoms with van der Waals surface area (Å²) in [6.45, 7) is 9.63. The number of amides is 1. The molecule has 0 aliphatic carbocycles. The van der Waals surface area contributed by atoms with Crippen LogP contribution >= 0.6 is 27.9 Å². The number of rotatable bonds is 19. The summed E-state index contributed by atoms with van der Waals surface area (Å²) in [5, 5.41) is 6.07. The van der Waals surface area contributed by atoms with Crippen LogP contribution in [0.4, 0.5) is 27.5 Å². The molecule has 0 fully saturated rings. The van der Waals surface area contributed by atoms with Crippen molar-refractivity contribution in [2.24, 2.45) is 5.73 Å². The molecule has 0 bridgehead atoms. The zero-order valence-electron chi connectivity index (χ0n) is 26.8. The van der Waals surface area contributed by atoms with Crippen LogP contribution in [-0.4, -0.2) is 85.5 Å². The third kappa shape index (κ3) is 14.4. The van der Waals surface area contributed by atoms with Crippen LogP contribution in [0.25, 0.3) is 0 Å². The number of anilines is 4. The van der Waals surface area contributed by atoms with Crippen LogP contribution in [0.5, 0.6) is 0 Å². The van der Waals surface area contributed by atoms with Crippen LogP contribution in [-0.2, 0) is 19.0 Å². The Morgan fingerprint density at radius 2 is 1.79 bits per heavy atom. The minimum Gasteiger partial charge on any atom is -0.457 e. The Balaban J connectivity index is 1.29. The number of nitrogens with two attached hydrogens (primary N) is 1. The monoisotopic (exact) mass is 733 g/mol. The Morgan fingerprint density at radius 3 is 2.49 bits per heavy atom. The van der Waals surface area contributed by atoms with Gasteiger partial charge in [-0.15, -0.1) is 0 Å². The first kappa shape index (κ1) is 37.9. The van der Waals surface area contributed by atoms with Gasteiger partial charge in [0.15, 0.2) is 0 Å². The fraction of sp³-hybridized carbons (Fsp3) is 0.375. The zero-order chi connectivity index (χ0) is 34.2. The molecule has 5 N–H and O–H groups in total. The van der Waals surface area contributed by atoms with Crippen molar-refractivity contribution in [2.45, 2.75) is 31.3 Å². The lowest BCUT2D eigenvalue weighted by Crippen LogP contribution is -2.25. The third-order valence-corrected chi connectivity index (χ3v) is 7.41. The average molecular weight is 735 g/mol. The van der Waals surface area contributed by atoms with Gasteiger partial charge in [0.05, 0.1) is 42.2 Å². The molecule has 1 aromatic heterocycles. The molecule has 0 saturated heterocycles. The highest BCUT2D eigenvalue weighted by Crippen LogP contribution is 2.28. The molecule has 0 unspecified atom stereocenters. The summed E-state index contributed by atoms with van der Waals surface area (Å²) in [5.41, 5.74) is 5.56. The summed E-state index contributed by atoms with van der Waals surface area (Å²) in [7, 11) is 1.96. The third-order valence-electron chi connectivity index (χ3n) is 5.97. The average Bonchev–Trinajstić information content (AvgIpc) is 2.99. The second kappa shape index (κ2) is 19.3. The number of aromatic nitrogens is 2. The van der Waals surface area contributed by atoms with E-state index < -0.39 is 17.3 Å². The maximum absolute atomic E-state index is 14.2. The first-order valence-corrected chi connectivity index (χ1v) is 16.4. The van der Waals surface area contributed by atoms with Crippen molar-refractivity contribution in [1.82, 2.24) is 19.6 Å². The quantitative estimate of drug-likeness (QED) is 0.0538. The van der Waals surface area contributed by atoms with Gasteiger partial charge in [0.1, 0.15) is 17.2 Å². The lowest BCUT2D eigenvalue weighted by atomic mass is 10.1. The molecule has 3 aromatic rings. The van der Waals surface area contributed by atoms with E-state index in [2.05, 4.69) is 41.3 Å². The minimum atomic E-state index is -0.890. The van der Waals surface area contributed by atoms with E-state index >= 15 is 0 Å². The maximum Gasteiger partial charge on any atom is 0.330 e. The number of halogens is 2. The molecule has 2 aromatic carbocycles. The Labute approximate surface area is 287 Å². The topological polar surface area (TPSA) is 153 Å². The number of nitrogens with zero attached hydrogens (tertiary/aromatic N) is 3. The van der Waals surface area contributed by atoms with E-state index in [1.54, 1.807) is 12.3 Å². The van der Waals surface area contributed by atoms with Crippen molar-refractivity contribution in [3.8, 4) is 0 Å². The van der Waals surface area contributed by atoms with Gasteiger partial charge in [0.25, 0.3) is 5.91 Å². The molecule has 254 valence electrons. The van der Waals surface area contributed by atoms with Crippen LogP contribution < -0.4 is 21.1 Å². The Kier molecular flexibility index (Phi) is 15.5. The highest BCUT2D eigenvalue weighted by Gasteiger charge is 2.16. The zero-order valence-corrected chi connectivity index (χ0v) is 29.3. The molecule has 47 heavy (non-hydrogen) atoms. The fourth-order valence-corrected chi connectivity index (χ4v) is 4.72. The molecule has 0 spiro atoms. The van der Waals surface area contributed by atoms with Crippen LogP contribution in [0.1, 0.15) is 31.1 Å². The van der Waals surface area contributed by atoms with Crippen molar-refractivity contribution in [2.75, 3.05) is 63.7 Å². The van der Waals surface area contributed by atoms with Gasteiger partial charge in [0, 0.05) is 42.5 Å². The number of hydrogen-bond donors (Lipinski definition) is 4. The molecule has 12 nitrogen and oxygen atoms in total. The van der Waals surface area contributed by atoms with E-state index in [1.807, 2.05) is 57.0 Å². The normalized spacial score (nSPS) is 11.6. The van der Waals surface area contributed by atoms with Crippen LogP contribution in [0.3, 0.4) is 0 Å². The fourth-order valence-electron chi connectivity index (χ4n) is 3.80. The van der Waals surface area contributed by atoms with Crippen molar-refractivity contribution in [1.29, 1.82) is 0 Å². The Morgan fingerprint density at radius 1 is 1.06 bits per heavy atom. The Bertz CT molecular complexity index is 1490. The maximum atomic E-state index is 14.2. The molecule has 0 saturated carbocycles. The standard InChI is InChI=1S/C32H41BrFN7O5S/c1-32(2,3)46-27(42)9-6-15-41(4)16-18-45-20-19-44-17-14-37-47-23-12-10-22(11-13-23)38-31-36-21-24(33)30(40-31)39-26-8-5-7-25(34)28(26)29(35)43/h5-13,21,37H,14-20H2,1-4H3,(H2,35,43)(H2,36,38,39,40)/b9-6+. The van der Waals surface area contributed by atoms with E-state index in [4.69, 9.17) is 19.9 Å². The summed E-state index contributed by atoms with van der Waals surface area (Å²) in [4.78, 5) is 35.2. The molecule has 1 amide bonds. The lowest BCUT2D eigenvalue weighted by Gasteiger charge is -2.18. The van der Waals surface area contributed by atoms with Gasteiger partial charge in [-0.2, -0.15) is 4.98 Å². The first-order chi connectivity index (χ1) is 22.4. The summed E-state index contributed by atoms with van der Waals surface area (Å²) >= 11 is 4.86. The summed E-state index contributed by atoms with van der Waals surface area (Å²) in [5.74, 6) is -1.33. The summed E-state index contributed by atoms with van der Waals surface area (Å²) in [6, 6.07) is 11.9. The smallest absolute Gasteiger partial charge is 0.330 e. The summed E-state index contributed by atoms with van der Waals surface area (Å²) in [6.07, 6.45) is 4.77. The van der Waals surface area contributed by atoms with Gasteiger partial charge in [-0.25, -0.2) is 14.2 Å². The second-order valence-corrected chi connectivity index (χ2v) is 12.9. The molecule has 0 atom stereocenters. The number of hydrogen-bond acceptors (Lipinski definition) is 12. The SMILES string of the molecule is CN(C/C=C/C(=O)OC(C)(C)C)CCOCCOCCNSc1ccc(Nc2ncc(Br)c(Nc3cccc(F)c3C(N)=O)n2)cc1. The molecular weight excluding hydrogens is 693 g/mol. The van der Waals surface area contributed by atoms with Gasteiger partial charge in [-0.3, -0.25) is 9.52 Å². The lowest BCUT2D eigenvalue weighted by molar-refractivity contribution is -0.148.